The van der Waals surface area contributed by atoms with Crippen LogP contribution >= 0.6 is 0 Å². The van der Waals surface area contributed by atoms with Gasteiger partial charge in [0.15, 0.2) is 5.79 Å². The maximum Gasteiger partial charge on any atom is 0.168 e. The van der Waals surface area contributed by atoms with Crippen LogP contribution in [0.3, 0.4) is 0 Å². The lowest BCUT2D eigenvalue weighted by molar-refractivity contribution is -0.272. The maximum atomic E-state index is 12.5. The molecule has 5 heteroatoms. The average molecular weight is 312 g/mol. The Morgan fingerprint density at radius 2 is 2.00 bits per heavy atom. The summed E-state index contributed by atoms with van der Waals surface area (Å²) in [7, 11) is 2.25. The third-order valence-corrected chi connectivity index (χ3v) is 5.40. The van der Waals surface area contributed by atoms with Crippen LogP contribution in [0.4, 0.5) is 0 Å². The Balaban J connectivity index is 2.03. The molecule has 0 bridgehead atoms. The van der Waals surface area contributed by atoms with Gasteiger partial charge in [-0.25, -0.2) is 0 Å². The first-order chi connectivity index (χ1) is 9.95. The highest BCUT2D eigenvalue weighted by Gasteiger charge is 2.39. The first kappa shape index (κ1) is 16.6. The largest absolute Gasteiger partial charge is 0.381 e. The number of hydrogen-bond donors (Lipinski definition) is 0. The van der Waals surface area contributed by atoms with Crippen LogP contribution in [0, 0.1) is 6.92 Å². The molecule has 2 rings (SSSR count). The topological polar surface area (TPSA) is 44.8 Å². The van der Waals surface area contributed by atoms with Crippen LogP contribution in [0.15, 0.2) is 29.2 Å². The second kappa shape index (κ2) is 7.01. The average Bonchev–Trinajstić information content (AvgIpc) is 2.47. The predicted molar refractivity (Wildman–Crippen MR) is 82.8 cm³/mol. The Morgan fingerprint density at radius 1 is 1.33 bits per heavy atom. The molecule has 1 aliphatic heterocycles. The third kappa shape index (κ3) is 4.36. The maximum absolute atomic E-state index is 12.5. The van der Waals surface area contributed by atoms with E-state index < -0.39 is 16.6 Å². The number of benzene rings is 1. The molecule has 118 valence electrons. The van der Waals surface area contributed by atoms with Gasteiger partial charge in [-0.15, -0.1) is 0 Å². The van der Waals surface area contributed by atoms with Gasteiger partial charge in [0.25, 0.3) is 0 Å². The van der Waals surface area contributed by atoms with Crippen molar-refractivity contribution in [3.05, 3.63) is 29.8 Å². The standard InChI is InChI=1S/C16H24O4S/c1-12-5-7-15(8-6-12)21(17)11-14-9-13(18-3)10-16(2,19-4)20-14/h5-8,13-14H,9-11H2,1-4H3/t13-,14-,16-,21+/m1/s1. The number of rotatable bonds is 5. The molecule has 0 N–H and O–H groups in total. The lowest BCUT2D eigenvalue weighted by Crippen LogP contribution is -2.47. The molecule has 0 spiro atoms. The molecule has 0 radical (unpaired) electrons. The van der Waals surface area contributed by atoms with Crippen LogP contribution in [0.25, 0.3) is 0 Å². The Kier molecular flexibility index (Phi) is 5.54. The van der Waals surface area contributed by atoms with Gasteiger partial charge in [-0.3, -0.25) is 4.21 Å². The molecular formula is C16H24O4S. The summed E-state index contributed by atoms with van der Waals surface area (Å²) in [5.74, 6) is -0.205. The van der Waals surface area contributed by atoms with Crippen molar-refractivity contribution >= 4 is 10.8 Å². The molecule has 1 fully saturated rings. The zero-order chi connectivity index (χ0) is 15.5. The molecule has 1 saturated heterocycles. The van der Waals surface area contributed by atoms with Crippen LogP contribution in [0.2, 0.25) is 0 Å². The number of methoxy groups -OCH3 is 2. The Bertz CT molecular complexity index is 488. The van der Waals surface area contributed by atoms with Gasteiger partial charge >= 0.3 is 0 Å². The molecule has 1 aromatic carbocycles. The molecule has 0 unspecified atom stereocenters. The molecule has 4 atom stereocenters. The second-order valence-electron chi connectivity index (χ2n) is 5.70. The van der Waals surface area contributed by atoms with E-state index in [1.807, 2.05) is 38.1 Å². The molecule has 1 aliphatic rings. The molecule has 0 saturated carbocycles. The van der Waals surface area contributed by atoms with Gasteiger partial charge in [0.2, 0.25) is 0 Å². The van der Waals surface area contributed by atoms with E-state index in [1.54, 1.807) is 14.2 Å². The minimum Gasteiger partial charge on any atom is -0.381 e. The van der Waals surface area contributed by atoms with E-state index in [-0.39, 0.29) is 12.2 Å². The summed E-state index contributed by atoms with van der Waals surface area (Å²) < 4.78 is 29.3. The highest BCUT2D eigenvalue weighted by molar-refractivity contribution is 7.85. The molecule has 0 aliphatic carbocycles. The molecule has 1 aromatic rings. The van der Waals surface area contributed by atoms with E-state index >= 15 is 0 Å². The molecule has 4 nitrogen and oxygen atoms in total. The summed E-state index contributed by atoms with van der Waals surface area (Å²) in [4.78, 5) is 0.836. The molecule has 0 amide bonds. The zero-order valence-corrected chi connectivity index (χ0v) is 13.9. The summed E-state index contributed by atoms with van der Waals surface area (Å²) in [6.07, 6.45) is 1.38. The van der Waals surface area contributed by atoms with Crippen molar-refractivity contribution in [2.24, 2.45) is 0 Å². The van der Waals surface area contributed by atoms with E-state index in [0.29, 0.717) is 12.2 Å². The summed E-state index contributed by atoms with van der Waals surface area (Å²) in [5, 5.41) is 0. The Hall–Kier alpha value is -0.750. The Labute approximate surface area is 129 Å². The van der Waals surface area contributed by atoms with E-state index in [4.69, 9.17) is 14.2 Å². The first-order valence-electron chi connectivity index (χ1n) is 7.16. The van der Waals surface area contributed by atoms with Gasteiger partial charge in [0, 0.05) is 32.0 Å². The van der Waals surface area contributed by atoms with Crippen molar-refractivity contribution in [3.8, 4) is 0 Å². The van der Waals surface area contributed by atoms with E-state index in [9.17, 15) is 4.21 Å². The number of aryl methyl sites for hydroxylation is 1. The molecule has 1 heterocycles. The fraction of sp³-hybridized carbons (Fsp3) is 0.625. The lowest BCUT2D eigenvalue weighted by atomic mass is 10.00. The van der Waals surface area contributed by atoms with Crippen molar-refractivity contribution < 1.29 is 18.4 Å². The predicted octanol–water partition coefficient (Wildman–Crippen LogP) is 2.66. The van der Waals surface area contributed by atoms with E-state index in [1.165, 1.54) is 0 Å². The molecule has 0 aromatic heterocycles. The quantitative estimate of drug-likeness (QED) is 0.838. The van der Waals surface area contributed by atoms with Crippen LogP contribution in [-0.4, -0.2) is 42.2 Å². The van der Waals surface area contributed by atoms with Crippen LogP contribution in [0.1, 0.15) is 25.3 Å². The summed E-state index contributed by atoms with van der Waals surface area (Å²) in [5.41, 5.74) is 1.16. The lowest BCUT2D eigenvalue weighted by Gasteiger charge is -2.40. The van der Waals surface area contributed by atoms with Crippen molar-refractivity contribution in [2.45, 2.75) is 49.6 Å². The Morgan fingerprint density at radius 3 is 2.57 bits per heavy atom. The van der Waals surface area contributed by atoms with Crippen LogP contribution in [0.5, 0.6) is 0 Å². The minimum absolute atomic E-state index is 0.0729. The van der Waals surface area contributed by atoms with Gasteiger partial charge in [-0.1, -0.05) is 17.7 Å². The van der Waals surface area contributed by atoms with Crippen LogP contribution < -0.4 is 0 Å². The van der Waals surface area contributed by atoms with Gasteiger partial charge < -0.3 is 14.2 Å². The fourth-order valence-corrected chi connectivity index (χ4v) is 3.78. The van der Waals surface area contributed by atoms with Gasteiger partial charge in [0.05, 0.1) is 28.8 Å². The summed E-state index contributed by atoms with van der Waals surface area (Å²) >= 11 is 0. The molecule has 21 heavy (non-hydrogen) atoms. The van der Waals surface area contributed by atoms with Crippen molar-refractivity contribution in [2.75, 3.05) is 20.0 Å². The fourth-order valence-electron chi connectivity index (χ4n) is 2.61. The third-order valence-electron chi connectivity index (χ3n) is 3.93. The highest BCUT2D eigenvalue weighted by atomic mass is 32.2. The highest BCUT2D eigenvalue weighted by Crippen LogP contribution is 2.31. The van der Waals surface area contributed by atoms with E-state index in [2.05, 4.69) is 0 Å². The number of ether oxygens (including phenoxy) is 3. The second-order valence-corrected chi connectivity index (χ2v) is 7.20. The first-order valence-corrected chi connectivity index (χ1v) is 8.48. The van der Waals surface area contributed by atoms with Gasteiger partial charge in [0.1, 0.15) is 0 Å². The summed E-state index contributed by atoms with van der Waals surface area (Å²) in [6.45, 7) is 3.92. The van der Waals surface area contributed by atoms with Crippen molar-refractivity contribution in [3.63, 3.8) is 0 Å². The van der Waals surface area contributed by atoms with Gasteiger partial charge in [-0.05, 0) is 26.0 Å². The van der Waals surface area contributed by atoms with Crippen molar-refractivity contribution in [1.29, 1.82) is 0 Å². The van der Waals surface area contributed by atoms with Crippen molar-refractivity contribution in [1.82, 2.24) is 0 Å². The summed E-state index contributed by atoms with van der Waals surface area (Å²) in [6, 6.07) is 7.79. The zero-order valence-electron chi connectivity index (χ0n) is 13.1. The van der Waals surface area contributed by atoms with E-state index in [0.717, 1.165) is 16.9 Å². The monoisotopic (exact) mass is 312 g/mol. The molecular weight excluding hydrogens is 288 g/mol. The normalized spacial score (nSPS) is 31.0. The smallest absolute Gasteiger partial charge is 0.168 e. The van der Waals surface area contributed by atoms with Crippen LogP contribution in [-0.2, 0) is 25.0 Å². The SMILES string of the molecule is CO[C@@H]1C[C@H](C[S@](=O)c2ccc(C)cc2)O[C@@](C)(OC)C1. The minimum atomic E-state index is -1.08. The number of hydrogen-bond acceptors (Lipinski definition) is 4. The van der Waals surface area contributed by atoms with Gasteiger partial charge in [-0.2, -0.15) is 0 Å².